The molecule has 0 saturated heterocycles. The van der Waals surface area contributed by atoms with E-state index in [9.17, 15) is 0 Å². The van der Waals surface area contributed by atoms with E-state index in [0.717, 1.165) is 30.7 Å². The second kappa shape index (κ2) is 15.5. The van der Waals surface area contributed by atoms with Crippen LogP contribution in [-0.2, 0) is 20.2 Å². The summed E-state index contributed by atoms with van der Waals surface area (Å²) in [4.78, 5) is 0. The van der Waals surface area contributed by atoms with Crippen LogP contribution in [0.15, 0.2) is 50.6 Å². The summed E-state index contributed by atoms with van der Waals surface area (Å²) in [6.07, 6.45) is 7.76. The SMILES string of the molecule is C=CC[N+](CC=C)(CC=C)CC=C.O=S([O-])S(=O)[O-].[Na+]. The predicted molar refractivity (Wildman–Crippen MR) is 78.4 cm³/mol. The molecule has 0 rings (SSSR count). The minimum Gasteiger partial charge on any atom is -0.763 e. The molecule has 0 aliphatic rings. The molecule has 0 aliphatic heterocycles. The van der Waals surface area contributed by atoms with Crippen LogP contribution in [0.4, 0.5) is 0 Å². The van der Waals surface area contributed by atoms with E-state index in [4.69, 9.17) is 17.5 Å². The summed E-state index contributed by atoms with van der Waals surface area (Å²) in [6.45, 7) is 18.8. The van der Waals surface area contributed by atoms with Gasteiger partial charge in [0.2, 0.25) is 0 Å². The Bertz CT molecular complexity index is 304. The molecule has 0 aromatic rings. The molecule has 0 amide bonds. The second-order valence-corrected chi connectivity index (χ2v) is 6.08. The van der Waals surface area contributed by atoms with E-state index in [2.05, 4.69) is 26.3 Å². The van der Waals surface area contributed by atoms with Crippen molar-refractivity contribution in [2.45, 2.75) is 0 Å². The minimum atomic E-state index is -2.95. The Morgan fingerprint density at radius 2 is 0.950 bits per heavy atom. The van der Waals surface area contributed by atoms with Crippen molar-refractivity contribution in [2.24, 2.45) is 0 Å². The zero-order valence-corrected chi connectivity index (χ0v) is 15.5. The largest absolute Gasteiger partial charge is 1.00 e. The van der Waals surface area contributed by atoms with Crippen LogP contribution in [0, 0.1) is 0 Å². The molecule has 0 fully saturated rings. The van der Waals surface area contributed by atoms with E-state index < -0.39 is 20.2 Å². The van der Waals surface area contributed by atoms with Crippen molar-refractivity contribution >= 4 is 20.2 Å². The summed E-state index contributed by atoms with van der Waals surface area (Å²) in [6, 6.07) is 0. The normalized spacial score (nSPS) is 12.7. The molecule has 0 saturated carbocycles. The van der Waals surface area contributed by atoms with Gasteiger partial charge in [0.05, 0.1) is 26.2 Å². The first-order valence-corrected chi connectivity index (χ1v) is 8.03. The van der Waals surface area contributed by atoms with E-state index in [-0.39, 0.29) is 29.6 Å². The zero-order chi connectivity index (χ0) is 15.3. The standard InChI is InChI=1S/C12H20N.Na.H2O4S2/c1-5-9-13(10-6-2,11-7-3)12-8-4;;1-5(2)6(3)4/h5-8H,1-4,9-12H2;;(H,1,2)(H,3,4)/q2*+1;/p-2. The van der Waals surface area contributed by atoms with Gasteiger partial charge in [-0.25, -0.2) is 0 Å². The Labute approximate surface area is 148 Å². The molecule has 0 aliphatic carbocycles. The first-order chi connectivity index (χ1) is 8.89. The van der Waals surface area contributed by atoms with Crippen LogP contribution >= 0.6 is 0 Å². The van der Waals surface area contributed by atoms with Crippen LogP contribution in [0.2, 0.25) is 0 Å². The molecule has 0 N–H and O–H groups in total. The number of hydrogen-bond acceptors (Lipinski definition) is 4. The van der Waals surface area contributed by atoms with Crippen molar-refractivity contribution < 1.29 is 51.6 Å². The van der Waals surface area contributed by atoms with Gasteiger partial charge in [-0.05, 0) is 24.3 Å². The van der Waals surface area contributed by atoms with Gasteiger partial charge in [-0.15, -0.1) is 0 Å². The quantitative estimate of drug-likeness (QED) is 0.165. The Morgan fingerprint density at radius 1 is 0.750 bits per heavy atom. The maximum atomic E-state index is 9.09. The van der Waals surface area contributed by atoms with Crippen LogP contribution in [-0.4, -0.2) is 48.2 Å². The van der Waals surface area contributed by atoms with Crippen LogP contribution in [0.1, 0.15) is 0 Å². The second-order valence-electron chi connectivity index (χ2n) is 3.63. The maximum absolute atomic E-state index is 9.09. The molecule has 0 bridgehead atoms. The Kier molecular flexibility index (Phi) is 19.5. The average molecular weight is 329 g/mol. The van der Waals surface area contributed by atoms with Crippen LogP contribution < -0.4 is 29.6 Å². The number of nitrogens with zero attached hydrogens (tertiary/aromatic N) is 1. The molecule has 2 atom stereocenters. The summed E-state index contributed by atoms with van der Waals surface area (Å²) in [7, 11) is -5.90. The summed E-state index contributed by atoms with van der Waals surface area (Å²) >= 11 is 0. The molecular formula is C12H20NNaO4S2. The molecule has 0 spiro atoms. The van der Waals surface area contributed by atoms with Gasteiger partial charge in [-0.1, -0.05) is 26.3 Å². The van der Waals surface area contributed by atoms with Gasteiger partial charge in [0.1, 0.15) is 0 Å². The smallest absolute Gasteiger partial charge is 0.763 e. The van der Waals surface area contributed by atoms with E-state index in [1.165, 1.54) is 0 Å². The fourth-order valence-electron chi connectivity index (χ4n) is 1.54. The first-order valence-electron chi connectivity index (χ1n) is 5.36. The van der Waals surface area contributed by atoms with Gasteiger partial charge >= 0.3 is 29.6 Å². The summed E-state index contributed by atoms with van der Waals surface area (Å²) in [5, 5.41) is 0. The number of hydrogen-bond donors (Lipinski definition) is 0. The van der Waals surface area contributed by atoms with Gasteiger partial charge in [0.15, 0.2) is 0 Å². The van der Waals surface area contributed by atoms with Crippen molar-refractivity contribution in [3.63, 3.8) is 0 Å². The molecule has 0 aromatic heterocycles. The zero-order valence-electron chi connectivity index (χ0n) is 11.9. The molecule has 5 nitrogen and oxygen atoms in total. The van der Waals surface area contributed by atoms with Crippen molar-refractivity contribution in [1.29, 1.82) is 0 Å². The monoisotopic (exact) mass is 329 g/mol. The maximum Gasteiger partial charge on any atom is 1.00 e. The summed E-state index contributed by atoms with van der Waals surface area (Å²) in [5.41, 5.74) is 0. The van der Waals surface area contributed by atoms with E-state index in [0.29, 0.717) is 0 Å². The predicted octanol–water partition coefficient (Wildman–Crippen LogP) is -1.79. The van der Waals surface area contributed by atoms with Gasteiger partial charge in [-0.3, -0.25) is 8.42 Å². The molecular weight excluding hydrogens is 309 g/mol. The summed E-state index contributed by atoms with van der Waals surface area (Å²) < 4.78 is 37.2. The van der Waals surface area contributed by atoms with Crippen LogP contribution in [0.3, 0.4) is 0 Å². The third-order valence-electron chi connectivity index (χ3n) is 2.18. The van der Waals surface area contributed by atoms with E-state index in [1.807, 2.05) is 24.3 Å². The van der Waals surface area contributed by atoms with Gasteiger partial charge in [0, 0.05) is 20.2 Å². The first kappa shape index (κ1) is 25.1. The van der Waals surface area contributed by atoms with Crippen molar-refractivity contribution in [3.8, 4) is 0 Å². The van der Waals surface area contributed by atoms with Crippen molar-refractivity contribution in [3.05, 3.63) is 50.6 Å². The molecule has 0 aromatic carbocycles. The number of rotatable bonds is 9. The fourth-order valence-corrected chi connectivity index (χ4v) is 1.54. The Hall–Kier alpha value is 0.140. The summed E-state index contributed by atoms with van der Waals surface area (Å²) in [5.74, 6) is 0. The van der Waals surface area contributed by atoms with E-state index >= 15 is 0 Å². The van der Waals surface area contributed by atoms with E-state index in [1.54, 1.807) is 0 Å². The fraction of sp³-hybridized carbons (Fsp3) is 0.333. The molecule has 0 heterocycles. The molecule has 110 valence electrons. The van der Waals surface area contributed by atoms with Crippen LogP contribution in [0.25, 0.3) is 0 Å². The van der Waals surface area contributed by atoms with Gasteiger partial charge < -0.3 is 13.6 Å². The minimum absolute atomic E-state index is 0. The topological polar surface area (TPSA) is 80.3 Å². The van der Waals surface area contributed by atoms with Gasteiger partial charge in [0.25, 0.3) is 0 Å². The van der Waals surface area contributed by atoms with Crippen LogP contribution in [0.5, 0.6) is 0 Å². The third-order valence-corrected chi connectivity index (χ3v) is 3.07. The van der Waals surface area contributed by atoms with Gasteiger partial charge in [-0.2, -0.15) is 0 Å². The number of quaternary nitrogens is 1. The molecule has 0 radical (unpaired) electrons. The third kappa shape index (κ3) is 13.1. The molecule has 2 unspecified atom stereocenters. The molecule has 8 heteroatoms. The van der Waals surface area contributed by atoms with Crippen molar-refractivity contribution in [2.75, 3.05) is 26.2 Å². The molecule has 20 heavy (non-hydrogen) atoms. The van der Waals surface area contributed by atoms with Crippen molar-refractivity contribution in [1.82, 2.24) is 0 Å². The Balaban J connectivity index is -0.000000352. The Morgan fingerprint density at radius 3 is 1.05 bits per heavy atom. The average Bonchev–Trinajstić information content (AvgIpc) is 2.31.